The Morgan fingerprint density at radius 2 is 1.88 bits per heavy atom. The first-order valence-electron chi connectivity index (χ1n) is 8.30. The highest BCUT2D eigenvalue weighted by atomic mass is 35.5. The van der Waals surface area contributed by atoms with Crippen LogP contribution in [0.4, 0.5) is 4.39 Å². The van der Waals surface area contributed by atoms with Crippen molar-refractivity contribution in [3.63, 3.8) is 0 Å². The van der Waals surface area contributed by atoms with E-state index in [2.05, 4.69) is 5.32 Å². The number of benzene rings is 1. The van der Waals surface area contributed by atoms with E-state index in [1.165, 1.54) is 12.1 Å². The molecule has 2 rings (SSSR count). The molecule has 6 heteroatoms. The molecule has 4 nitrogen and oxygen atoms in total. The molecular formula is C18H28ClFN2O2. The van der Waals surface area contributed by atoms with E-state index < -0.39 is 6.04 Å². The minimum absolute atomic E-state index is 0. The Kier molecular flexibility index (Phi) is 8.13. The summed E-state index contributed by atoms with van der Waals surface area (Å²) in [5.74, 6) is 0.00974. The number of hydrogen-bond donors (Lipinski definition) is 2. The summed E-state index contributed by atoms with van der Waals surface area (Å²) >= 11 is 0. The van der Waals surface area contributed by atoms with Crippen molar-refractivity contribution in [2.45, 2.75) is 44.6 Å². The normalized spacial score (nSPS) is 17.9. The van der Waals surface area contributed by atoms with Crippen LogP contribution < -0.4 is 11.1 Å². The van der Waals surface area contributed by atoms with Crippen LogP contribution in [-0.2, 0) is 14.9 Å². The first-order valence-corrected chi connectivity index (χ1v) is 8.30. The third kappa shape index (κ3) is 5.43. The Morgan fingerprint density at radius 3 is 2.42 bits per heavy atom. The molecule has 1 fully saturated rings. The Morgan fingerprint density at radius 1 is 1.29 bits per heavy atom. The van der Waals surface area contributed by atoms with Gasteiger partial charge in [0.15, 0.2) is 0 Å². The molecule has 0 aliphatic carbocycles. The number of amides is 1. The summed E-state index contributed by atoms with van der Waals surface area (Å²) in [6.45, 7) is 5.89. The van der Waals surface area contributed by atoms with Crippen LogP contribution in [0.5, 0.6) is 0 Å². The zero-order valence-corrected chi connectivity index (χ0v) is 15.2. The lowest BCUT2D eigenvalue weighted by atomic mass is 9.74. The Balaban J connectivity index is 0.00000288. The quantitative estimate of drug-likeness (QED) is 0.821. The molecule has 0 saturated carbocycles. The first kappa shape index (κ1) is 20.9. The van der Waals surface area contributed by atoms with E-state index >= 15 is 0 Å². The van der Waals surface area contributed by atoms with Gasteiger partial charge in [0.25, 0.3) is 0 Å². The van der Waals surface area contributed by atoms with Gasteiger partial charge in [0.2, 0.25) is 5.91 Å². The summed E-state index contributed by atoms with van der Waals surface area (Å²) in [5.41, 5.74) is 6.78. The standard InChI is InChI=1S/C18H27FN2O2.ClH/c1-13(2)11-16(20)17(22)21-12-18(7-9-23-10-8-18)14-3-5-15(19)6-4-14;/h3-6,13,16H,7-12,20H2,1-2H3,(H,21,22);1H/t16-;/m0./s1. The van der Waals surface area contributed by atoms with E-state index in [1.54, 1.807) is 12.1 Å². The predicted molar refractivity (Wildman–Crippen MR) is 95.8 cm³/mol. The topological polar surface area (TPSA) is 64.4 Å². The van der Waals surface area contributed by atoms with E-state index in [4.69, 9.17) is 10.5 Å². The molecule has 136 valence electrons. The number of rotatable bonds is 6. The van der Waals surface area contributed by atoms with Gasteiger partial charge in [-0.1, -0.05) is 26.0 Å². The van der Waals surface area contributed by atoms with Crippen LogP contribution in [0, 0.1) is 11.7 Å². The van der Waals surface area contributed by atoms with Crippen LogP contribution in [0.1, 0.15) is 38.7 Å². The molecular weight excluding hydrogens is 331 g/mol. The van der Waals surface area contributed by atoms with E-state index in [0.29, 0.717) is 32.1 Å². The highest BCUT2D eigenvalue weighted by molar-refractivity contribution is 5.85. The fraction of sp³-hybridized carbons (Fsp3) is 0.611. The van der Waals surface area contributed by atoms with Gasteiger partial charge in [0.05, 0.1) is 6.04 Å². The average Bonchev–Trinajstić information content (AvgIpc) is 2.53. The van der Waals surface area contributed by atoms with E-state index in [0.717, 1.165) is 18.4 Å². The lowest BCUT2D eigenvalue weighted by Crippen LogP contribution is -2.49. The molecule has 0 radical (unpaired) electrons. The minimum Gasteiger partial charge on any atom is -0.381 e. The van der Waals surface area contributed by atoms with Crippen LogP contribution in [-0.4, -0.2) is 31.7 Å². The second-order valence-corrected chi connectivity index (χ2v) is 6.85. The van der Waals surface area contributed by atoms with Crippen molar-refractivity contribution in [2.24, 2.45) is 11.7 Å². The fourth-order valence-electron chi connectivity index (χ4n) is 3.14. The fourth-order valence-corrected chi connectivity index (χ4v) is 3.14. The smallest absolute Gasteiger partial charge is 0.236 e. The molecule has 1 amide bonds. The summed E-state index contributed by atoms with van der Waals surface area (Å²) in [7, 11) is 0. The van der Waals surface area contributed by atoms with Crippen LogP contribution in [0.25, 0.3) is 0 Å². The van der Waals surface area contributed by atoms with E-state index in [9.17, 15) is 9.18 Å². The van der Waals surface area contributed by atoms with Gasteiger partial charge >= 0.3 is 0 Å². The highest BCUT2D eigenvalue weighted by Gasteiger charge is 2.35. The van der Waals surface area contributed by atoms with Gasteiger partial charge in [0.1, 0.15) is 5.82 Å². The van der Waals surface area contributed by atoms with Gasteiger partial charge in [-0.15, -0.1) is 12.4 Å². The van der Waals surface area contributed by atoms with Gasteiger partial charge in [0, 0.05) is 25.2 Å². The molecule has 1 saturated heterocycles. The maximum atomic E-state index is 13.2. The number of halogens is 2. The molecule has 1 aliphatic rings. The van der Waals surface area contributed by atoms with Gasteiger partial charge in [-0.2, -0.15) is 0 Å². The molecule has 0 bridgehead atoms. The molecule has 1 heterocycles. The monoisotopic (exact) mass is 358 g/mol. The maximum absolute atomic E-state index is 13.2. The van der Waals surface area contributed by atoms with Gasteiger partial charge in [-0.05, 0) is 42.9 Å². The predicted octanol–water partition coefficient (Wildman–Crippen LogP) is 2.79. The number of carbonyl (C=O) groups is 1. The third-order valence-corrected chi connectivity index (χ3v) is 4.57. The van der Waals surface area contributed by atoms with Gasteiger partial charge < -0.3 is 15.8 Å². The van der Waals surface area contributed by atoms with Crippen LogP contribution in [0.15, 0.2) is 24.3 Å². The Hall–Kier alpha value is -1.17. The molecule has 0 aromatic heterocycles. The zero-order valence-electron chi connectivity index (χ0n) is 14.4. The zero-order chi connectivity index (χ0) is 16.9. The van der Waals surface area contributed by atoms with Crippen molar-refractivity contribution in [3.8, 4) is 0 Å². The van der Waals surface area contributed by atoms with Crippen molar-refractivity contribution in [3.05, 3.63) is 35.6 Å². The number of hydrogen-bond acceptors (Lipinski definition) is 3. The van der Waals surface area contributed by atoms with Crippen molar-refractivity contribution < 1.29 is 13.9 Å². The lowest BCUT2D eigenvalue weighted by Gasteiger charge is -2.38. The molecule has 1 aromatic carbocycles. The molecule has 1 atom stereocenters. The van der Waals surface area contributed by atoms with Gasteiger partial charge in [-0.25, -0.2) is 4.39 Å². The molecule has 24 heavy (non-hydrogen) atoms. The molecule has 0 unspecified atom stereocenters. The van der Waals surface area contributed by atoms with Crippen LogP contribution in [0.2, 0.25) is 0 Å². The lowest BCUT2D eigenvalue weighted by molar-refractivity contribution is -0.123. The van der Waals surface area contributed by atoms with Crippen molar-refractivity contribution in [1.29, 1.82) is 0 Å². The molecule has 3 N–H and O–H groups in total. The Bertz CT molecular complexity index is 516. The van der Waals surface area contributed by atoms with Crippen molar-refractivity contribution in [2.75, 3.05) is 19.8 Å². The average molecular weight is 359 g/mol. The number of nitrogens with two attached hydrogens (primary N) is 1. The SMILES string of the molecule is CC(C)C[C@H](N)C(=O)NCC1(c2ccc(F)cc2)CCOCC1.Cl. The summed E-state index contributed by atoms with van der Waals surface area (Å²) in [5, 5.41) is 3.00. The van der Waals surface area contributed by atoms with Crippen LogP contribution >= 0.6 is 12.4 Å². The molecule has 1 aliphatic heterocycles. The second-order valence-electron chi connectivity index (χ2n) is 6.85. The summed E-state index contributed by atoms with van der Waals surface area (Å²) in [6, 6.07) is 6.07. The first-order chi connectivity index (χ1) is 10.9. The van der Waals surface area contributed by atoms with E-state index in [-0.39, 0.29) is 29.5 Å². The number of nitrogens with one attached hydrogen (secondary N) is 1. The van der Waals surface area contributed by atoms with Crippen molar-refractivity contribution in [1.82, 2.24) is 5.32 Å². The number of carbonyl (C=O) groups excluding carboxylic acids is 1. The largest absolute Gasteiger partial charge is 0.381 e. The minimum atomic E-state index is -0.486. The van der Waals surface area contributed by atoms with Gasteiger partial charge in [-0.3, -0.25) is 4.79 Å². The summed E-state index contributed by atoms with van der Waals surface area (Å²) < 4.78 is 18.7. The second kappa shape index (κ2) is 9.35. The summed E-state index contributed by atoms with van der Waals surface area (Å²) in [4.78, 5) is 12.2. The van der Waals surface area contributed by atoms with Crippen LogP contribution in [0.3, 0.4) is 0 Å². The number of ether oxygens (including phenoxy) is 1. The van der Waals surface area contributed by atoms with E-state index in [1.807, 2.05) is 13.8 Å². The maximum Gasteiger partial charge on any atom is 0.236 e. The highest BCUT2D eigenvalue weighted by Crippen LogP contribution is 2.34. The molecule has 0 spiro atoms. The third-order valence-electron chi connectivity index (χ3n) is 4.57. The molecule has 1 aromatic rings. The summed E-state index contributed by atoms with van der Waals surface area (Å²) in [6.07, 6.45) is 2.27. The van der Waals surface area contributed by atoms with Crippen molar-refractivity contribution >= 4 is 18.3 Å². The Labute approximate surface area is 149 Å².